The number of imidazole rings is 2. The Bertz CT molecular complexity index is 2340. The molecule has 0 radical (unpaired) electrons. The van der Waals surface area contributed by atoms with Gasteiger partial charge >= 0.3 is 5.97 Å². The molecular weight excluding hydrogens is 654 g/mol. The number of benzene rings is 3. The molecule has 1 aliphatic heterocycles. The first kappa shape index (κ1) is 32.5. The summed E-state index contributed by atoms with van der Waals surface area (Å²) in [6.45, 7) is 0.618. The third-order valence-electron chi connectivity index (χ3n) is 8.38. The minimum Gasteiger partial charge on any atom is -0.478 e. The van der Waals surface area contributed by atoms with E-state index in [9.17, 15) is 18.7 Å². The predicted molar refractivity (Wildman–Crippen MR) is 173 cm³/mol. The van der Waals surface area contributed by atoms with Gasteiger partial charge in [-0.05, 0) is 60.4 Å². The van der Waals surface area contributed by atoms with Gasteiger partial charge in [0.15, 0.2) is 5.82 Å². The first-order valence-electron chi connectivity index (χ1n) is 15.5. The third-order valence-corrected chi connectivity index (χ3v) is 8.38. The Morgan fingerprint density at radius 2 is 1.80 bits per heavy atom. The Morgan fingerprint density at radius 3 is 2.52 bits per heavy atom. The van der Waals surface area contributed by atoms with Crippen LogP contribution in [-0.2, 0) is 31.4 Å². The number of rotatable bonds is 9. The smallest absolute Gasteiger partial charge is 0.335 e. The summed E-state index contributed by atoms with van der Waals surface area (Å²) in [6, 6.07) is 13.3. The molecule has 252 valence electrons. The number of aromatic carboxylic acids is 1. The van der Waals surface area contributed by atoms with Crippen LogP contribution in [0.2, 0.25) is 0 Å². The summed E-state index contributed by atoms with van der Waals surface area (Å²) in [6.07, 6.45) is 3.54. The van der Waals surface area contributed by atoms with Crippen molar-refractivity contribution in [3.8, 4) is 29.0 Å². The molecule has 0 amide bonds. The fourth-order valence-electron chi connectivity index (χ4n) is 5.57. The van der Waals surface area contributed by atoms with E-state index in [0.717, 1.165) is 24.6 Å². The zero-order valence-electron chi connectivity index (χ0n) is 26.5. The van der Waals surface area contributed by atoms with Gasteiger partial charge in [0.25, 0.3) is 0 Å². The van der Waals surface area contributed by atoms with Gasteiger partial charge in [-0.1, -0.05) is 18.1 Å². The van der Waals surface area contributed by atoms with Crippen LogP contribution in [0.4, 0.5) is 17.6 Å². The molecule has 7 rings (SSSR count). The Labute approximate surface area is 282 Å². The molecule has 4 heterocycles. The number of halogens is 4. The number of aryl methyl sites for hydroxylation is 1. The van der Waals surface area contributed by atoms with E-state index in [1.165, 1.54) is 24.3 Å². The average Bonchev–Trinajstić information content (AvgIpc) is 3.65. The molecular formula is C37H27F4N5O4. The van der Waals surface area contributed by atoms with Crippen molar-refractivity contribution < 1.29 is 36.9 Å². The Kier molecular flexibility index (Phi) is 8.78. The van der Waals surface area contributed by atoms with Gasteiger partial charge in [-0.2, -0.15) is 0 Å². The minimum absolute atomic E-state index is 0.0486. The second-order valence-corrected chi connectivity index (χ2v) is 11.7. The normalized spacial score (nSPS) is 13.9. The van der Waals surface area contributed by atoms with E-state index < -0.39 is 29.2 Å². The van der Waals surface area contributed by atoms with E-state index in [1.807, 2.05) is 0 Å². The first-order valence-corrected chi connectivity index (χ1v) is 15.5. The fourth-order valence-corrected chi connectivity index (χ4v) is 5.57. The van der Waals surface area contributed by atoms with E-state index in [-0.39, 0.29) is 76.4 Å². The van der Waals surface area contributed by atoms with Crippen LogP contribution in [0, 0.1) is 35.1 Å². The molecule has 1 aliphatic rings. The van der Waals surface area contributed by atoms with Crippen LogP contribution in [0.5, 0.6) is 5.88 Å². The molecule has 9 nitrogen and oxygen atoms in total. The lowest BCUT2D eigenvalue weighted by Crippen LogP contribution is -2.31. The van der Waals surface area contributed by atoms with Crippen molar-refractivity contribution in [3.05, 3.63) is 130 Å². The molecule has 0 bridgehead atoms. The molecule has 3 aromatic carbocycles. The van der Waals surface area contributed by atoms with E-state index in [0.29, 0.717) is 17.9 Å². The number of pyridine rings is 1. The van der Waals surface area contributed by atoms with E-state index in [1.54, 1.807) is 46.9 Å². The van der Waals surface area contributed by atoms with Gasteiger partial charge in [0.05, 0.1) is 41.9 Å². The fraction of sp³-hybridized carbons (Fsp3) is 0.189. The van der Waals surface area contributed by atoms with Crippen LogP contribution in [-0.4, -0.2) is 47.9 Å². The topological polar surface area (TPSA) is 104 Å². The molecule has 0 aliphatic carbocycles. The number of fused-ring (bicyclic) bond motifs is 1. The van der Waals surface area contributed by atoms with Gasteiger partial charge in [0, 0.05) is 42.8 Å². The summed E-state index contributed by atoms with van der Waals surface area (Å²) in [5.41, 5.74) is 1.19. The molecule has 0 spiro atoms. The summed E-state index contributed by atoms with van der Waals surface area (Å²) in [5.74, 6) is 1.91. The van der Waals surface area contributed by atoms with Gasteiger partial charge in [-0.15, -0.1) is 0 Å². The number of nitrogens with zero attached hydrogens (tertiary/aromatic N) is 5. The summed E-state index contributed by atoms with van der Waals surface area (Å²) < 4.78 is 75.5. The summed E-state index contributed by atoms with van der Waals surface area (Å²) in [5, 5.41) is 9.45. The number of hydrogen-bond donors (Lipinski definition) is 1. The summed E-state index contributed by atoms with van der Waals surface area (Å²) >= 11 is 0. The molecule has 50 heavy (non-hydrogen) atoms. The number of carboxylic acids is 1. The van der Waals surface area contributed by atoms with Crippen molar-refractivity contribution in [2.24, 2.45) is 7.05 Å². The second kappa shape index (κ2) is 13.5. The third kappa shape index (κ3) is 6.65. The van der Waals surface area contributed by atoms with Gasteiger partial charge in [0.1, 0.15) is 41.1 Å². The number of ether oxygens (including phenoxy) is 2. The van der Waals surface area contributed by atoms with Crippen LogP contribution in [0.15, 0.2) is 73.2 Å². The van der Waals surface area contributed by atoms with Crippen molar-refractivity contribution in [1.82, 2.24) is 24.1 Å². The van der Waals surface area contributed by atoms with Crippen LogP contribution in [0.3, 0.4) is 0 Å². The van der Waals surface area contributed by atoms with E-state index >= 15 is 8.78 Å². The largest absolute Gasteiger partial charge is 0.478 e. The molecule has 1 N–H and O–H groups in total. The average molecular weight is 682 g/mol. The highest BCUT2D eigenvalue weighted by Gasteiger charge is 2.25. The van der Waals surface area contributed by atoms with Crippen LogP contribution >= 0.6 is 0 Å². The van der Waals surface area contributed by atoms with Crippen LogP contribution in [0.25, 0.3) is 22.3 Å². The molecule has 1 atom stereocenters. The molecule has 1 saturated heterocycles. The highest BCUT2D eigenvalue weighted by atomic mass is 19.1. The Hall–Kier alpha value is -6.00. The zero-order valence-corrected chi connectivity index (χ0v) is 26.5. The maximum absolute atomic E-state index is 15.6. The first-order chi connectivity index (χ1) is 24.1. The van der Waals surface area contributed by atoms with Gasteiger partial charge < -0.3 is 23.7 Å². The number of carboxylic acid groups (broad SMARTS) is 1. The number of aromatic nitrogens is 5. The summed E-state index contributed by atoms with van der Waals surface area (Å²) in [4.78, 5) is 24.2. The predicted octanol–water partition coefficient (Wildman–Crippen LogP) is 6.44. The van der Waals surface area contributed by atoms with Crippen LogP contribution < -0.4 is 4.74 Å². The molecule has 13 heteroatoms. The lowest BCUT2D eigenvalue weighted by atomic mass is 10.0. The maximum Gasteiger partial charge on any atom is 0.335 e. The quantitative estimate of drug-likeness (QED) is 0.138. The molecule has 1 unspecified atom stereocenters. The number of carbonyl (C=O) groups is 1. The zero-order chi connectivity index (χ0) is 34.9. The van der Waals surface area contributed by atoms with Crippen molar-refractivity contribution in [2.75, 3.05) is 6.61 Å². The minimum atomic E-state index is -1.31. The molecule has 1 fully saturated rings. The van der Waals surface area contributed by atoms with E-state index in [2.05, 4.69) is 26.8 Å². The second-order valence-electron chi connectivity index (χ2n) is 11.7. The van der Waals surface area contributed by atoms with Gasteiger partial charge in [0.2, 0.25) is 5.88 Å². The highest BCUT2D eigenvalue weighted by Crippen LogP contribution is 2.30. The molecule has 6 aromatic rings. The molecule has 0 saturated carbocycles. The monoisotopic (exact) mass is 681 g/mol. The lowest BCUT2D eigenvalue weighted by molar-refractivity contribution is -0.0589. The van der Waals surface area contributed by atoms with Crippen molar-refractivity contribution in [3.63, 3.8) is 0 Å². The van der Waals surface area contributed by atoms with Crippen molar-refractivity contribution in [1.29, 1.82) is 0 Å². The van der Waals surface area contributed by atoms with Gasteiger partial charge in [-0.25, -0.2) is 37.3 Å². The van der Waals surface area contributed by atoms with Crippen molar-refractivity contribution in [2.45, 2.75) is 32.1 Å². The molecule has 3 aromatic heterocycles. The van der Waals surface area contributed by atoms with Crippen LogP contribution in [0.1, 0.15) is 45.0 Å². The Balaban J connectivity index is 1.10. The maximum atomic E-state index is 15.6. The SMILES string of the molecule is Cn1cncc1C#Cc1ccc(COc2cccc(-c3cc(F)c(Cc4nc5c(F)cc(C(=O)O)cc5n4CC4CCO4)cc3F)n2)c(F)c1. The Morgan fingerprint density at radius 1 is 0.980 bits per heavy atom. The number of hydrogen-bond acceptors (Lipinski definition) is 6. The highest BCUT2D eigenvalue weighted by molar-refractivity contribution is 5.92. The lowest BCUT2D eigenvalue weighted by Gasteiger charge is -2.27. The van der Waals surface area contributed by atoms with E-state index in [4.69, 9.17) is 9.47 Å². The standard InChI is InChI=1S/C37H27F4N5O4/c1-45-20-42-17-25(45)8-6-21-5-7-22(28(38)11-21)19-50-35-4-2-3-32(43-35)27-16-29(39)23(12-30(27)40)15-34-44-36-31(41)13-24(37(47)48)14-33(36)46(34)18-26-9-10-49-26/h2-5,7,11-14,16-17,20,26H,9-10,15,18-19H2,1H3,(H,47,48). The summed E-state index contributed by atoms with van der Waals surface area (Å²) in [7, 11) is 1.80. The van der Waals surface area contributed by atoms with Crippen molar-refractivity contribution >= 4 is 17.0 Å². The van der Waals surface area contributed by atoms with Gasteiger partial charge in [-0.3, -0.25) is 0 Å².